The van der Waals surface area contributed by atoms with E-state index in [0.717, 1.165) is 16.9 Å². The molecular formula is C23H24ClN3O5S2. The highest BCUT2D eigenvalue weighted by Gasteiger charge is 2.45. The van der Waals surface area contributed by atoms with Gasteiger partial charge in [-0.05, 0) is 73.2 Å². The van der Waals surface area contributed by atoms with Crippen LogP contribution >= 0.6 is 22.9 Å². The molecule has 1 aliphatic heterocycles. The van der Waals surface area contributed by atoms with Gasteiger partial charge in [-0.3, -0.25) is 9.59 Å². The lowest BCUT2D eigenvalue weighted by Crippen LogP contribution is -2.44. The number of anilines is 1. The second-order valence-electron chi connectivity index (χ2n) is 8.24. The summed E-state index contributed by atoms with van der Waals surface area (Å²) in [5.74, 6) is -0.456. The van der Waals surface area contributed by atoms with E-state index in [1.165, 1.54) is 11.0 Å². The highest BCUT2D eigenvalue weighted by molar-refractivity contribution is 7.91. The highest BCUT2D eigenvalue weighted by Crippen LogP contribution is 2.35. The summed E-state index contributed by atoms with van der Waals surface area (Å²) >= 11 is 7.01. The minimum absolute atomic E-state index is 0.0229. The molecule has 11 heteroatoms. The van der Waals surface area contributed by atoms with Crippen LogP contribution in [0.3, 0.4) is 0 Å². The molecule has 0 unspecified atom stereocenters. The number of sulfonamides is 1. The van der Waals surface area contributed by atoms with Crippen LogP contribution in [0.15, 0.2) is 52.7 Å². The summed E-state index contributed by atoms with van der Waals surface area (Å²) in [6, 6.07) is 13.1. The van der Waals surface area contributed by atoms with Crippen LogP contribution in [0.5, 0.6) is 0 Å². The Morgan fingerprint density at radius 1 is 1.18 bits per heavy atom. The number of carbonyl (C=O) groups excluding carboxylic acids is 2. The number of benzene rings is 2. The van der Waals surface area contributed by atoms with E-state index >= 15 is 0 Å². The van der Waals surface area contributed by atoms with E-state index in [4.69, 9.17) is 16.4 Å². The minimum Gasteiger partial charge on any atom is -0.355 e. The van der Waals surface area contributed by atoms with Crippen LogP contribution in [0.2, 0.25) is 5.02 Å². The predicted molar refractivity (Wildman–Crippen MR) is 132 cm³/mol. The molecule has 8 nitrogen and oxygen atoms in total. The Bertz CT molecular complexity index is 1320. The number of rotatable bonds is 8. The van der Waals surface area contributed by atoms with Gasteiger partial charge >= 0.3 is 6.47 Å². The monoisotopic (exact) mass is 521 g/mol. The van der Waals surface area contributed by atoms with Crippen molar-refractivity contribution in [3.63, 3.8) is 0 Å². The van der Waals surface area contributed by atoms with E-state index in [2.05, 4.69) is 11.8 Å². The number of carbonyl (C=O) groups is 2. The number of halogens is 1. The Kier molecular flexibility index (Phi) is 6.97. The maximum atomic E-state index is 13.4. The van der Waals surface area contributed by atoms with E-state index in [1.54, 1.807) is 18.2 Å². The van der Waals surface area contributed by atoms with Gasteiger partial charge in [-0.1, -0.05) is 29.8 Å². The van der Waals surface area contributed by atoms with Crippen LogP contribution < -0.4 is 4.90 Å². The van der Waals surface area contributed by atoms with Crippen molar-refractivity contribution in [2.45, 2.75) is 29.6 Å². The van der Waals surface area contributed by atoms with Gasteiger partial charge in [-0.2, -0.15) is 0 Å². The first-order valence-electron chi connectivity index (χ1n) is 10.5. The third-order valence-corrected chi connectivity index (χ3v) is 9.44. The SMILES string of the molecule is C[C@@H](c1ccc(N2CC[C@H](N(OC=O)S(=O)(=O)c3cc4ccc(Cl)cc4s3)C2=O)cc1)N(C)C. The van der Waals surface area contributed by atoms with Crippen LogP contribution in [0.1, 0.15) is 24.9 Å². The molecule has 0 radical (unpaired) electrons. The average Bonchev–Trinajstić information content (AvgIpc) is 3.40. The van der Waals surface area contributed by atoms with Gasteiger partial charge in [0.05, 0.1) is 0 Å². The average molecular weight is 522 g/mol. The molecule has 2 aromatic carbocycles. The first-order chi connectivity index (χ1) is 16.1. The standard InChI is InChI=1S/C23H24ClN3O5S2/c1-15(25(2)3)16-5-8-19(9-6-16)26-11-10-20(23(26)29)27(32-14-28)34(30,31)22-12-17-4-7-18(24)13-21(17)33-22/h4-9,12-15,20H,10-11H2,1-3H3/t15-,20-/m0/s1. The van der Waals surface area contributed by atoms with Crippen LogP contribution in [0.25, 0.3) is 10.1 Å². The molecule has 1 aliphatic rings. The van der Waals surface area contributed by atoms with Gasteiger partial charge < -0.3 is 14.6 Å². The minimum atomic E-state index is -4.29. The molecule has 0 bridgehead atoms. The van der Waals surface area contributed by atoms with Crippen molar-refractivity contribution < 1.29 is 22.8 Å². The first-order valence-corrected chi connectivity index (χ1v) is 13.2. The van der Waals surface area contributed by atoms with Crippen molar-refractivity contribution in [2.75, 3.05) is 25.5 Å². The van der Waals surface area contributed by atoms with Crippen molar-refractivity contribution in [3.05, 3.63) is 59.1 Å². The van der Waals surface area contributed by atoms with Crippen molar-refractivity contribution >= 4 is 61.1 Å². The van der Waals surface area contributed by atoms with E-state index in [9.17, 15) is 18.0 Å². The molecule has 0 aliphatic carbocycles. The lowest BCUT2D eigenvalue weighted by molar-refractivity contribution is -0.160. The van der Waals surface area contributed by atoms with Crippen LogP contribution in [-0.4, -0.2) is 56.8 Å². The number of hydrogen-bond acceptors (Lipinski definition) is 7. The molecular weight excluding hydrogens is 498 g/mol. The number of hydrogen-bond donors (Lipinski definition) is 0. The fraction of sp³-hybridized carbons (Fsp3) is 0.304. The molecule has 2 atom stereocenters. The lowest BCUT2D eigenvalue weighted by Gasteiger charge is -2.24. The smallest absolute Gasteiger partial charge is 0.314 e. The summed E-state index contributed by atoms with van der Waals surface area (Å²) in [6.45, 7) is 2.39. The highest BCUT2D eigenvalue weighted by atomic mass is 35.5. The molecule has 34 heavy (non-hydrogen) atoms. The van der Waals surface area contributed by atoms with Crippen molar-refractivity contribution in [1.29, 1.82) is 0 Å². The molecule has 0 N–H and O–H groups in total. The van der Waals surface area contributed by atoms with Crippen LogP contribution in [0, 0.1) is 0 Å². The molecule has 1 amide bonds. The number of fused-ring (bicyclic) bond motifs is 1. The fourth-order valence-electron chi connectivity index (χ4n) is 3.88. The Hall–Kier alpha value is -2.50. The van der Waals surface area contributed by atoms with Crippen molar-refractivity contribution in [1.82, 2.24) is 9.37 Å². The molecule has 0 spiro atoms. The van der Waals surface area contributed by atoms with Gasteiger partial charge in [-0.25, -0.2) is 8.42 Å². The third kappa shape index (κ3) is 4.56. The quantitative estimate of drug-likeness (QED) is 0.328. The topological polar surface area (TPSA) is 87.2 Å². The van der Waals surface area contributed by atoms with Crippen LogP contribution in [0.4, 0.5) is 5.69 Å². The van der Waals surface area contributed by atoms with Gasteiger partial charge in [0, 0.05) is 28.0 Å². The largest absolute Gasteiger partial charge is 0.355 e. The number of amides is 1. The van der Waals surface area contributed by atoms with Gasteiger partial charge in [-0.15, -0.1) is 11.3 Å². The third-order valence-electron chi connectivity index (χ3n) is 5.99. The maximum absolute atomic E-state index is 13.4. The van der Waals surface area contributed by atoms with E-state index in [0.29, 0.717) is 31.8 Å². The molecule has 1 saturated heterocycles. The number of nitrogens with zero attached hydrogens (tertiary/aromatic N) is 3. The molecule has 3 aromatic rings. The van der Waals surface area contributed by atoms with E-state index in [-0.39, 0.29) is 23.1 Å². The Morgan fingerprint density at radius 2 is 1.88 bits per heavy atom. The second-order valence-corrected chi connectivity index (χ2v) is 11.8. The number of hydroxylamine groups is 1. The lowest BCUT2D eigenvalue weighted by atomic mass is 10.1. The molecule has 4 rings (SSSR count). The zero-order chi connectivity index (χ0) is 24.6. The normalized spacial score (nSPS) is 17.6. The van der Waals surface area contributed by atoms with Crippen molar-refractivity contribution in [3.8, 4) is 0 Å². The van der Waals surface area contributed by atoms with E-state index in [1.807, 2.05) is 38.4 Å². The summed E-state index contributed by atoms with van der Waals surface area (Å²) < 4.78 is 27.9. The molecule has 180 valence electrons. The Morgan fingerprint density at radius 3 is 2.53 bits per heavy atom. The molecule has 1 fully saturated rings. The van der Waals surface area contributed by atoms with Gasteiger partial charge in [0.2, 0.25) is 5.91 Å². The Labute approximate surface area is 207 Å². The summed E-state index contributed by atoms with van der Waals surface area (Å²) in [5.41, 5.74) is 1.75. The van der Waals surface area contributed by atoms with Gasteiger partial charge in [0.25, 0.3) is 10.0 Å². The zero-order valence-electron chi connectivity index (χ0n) is 18.8. The predicted octanol–water partition coefficient (Wildman–Crippen LogP) is 4.06. The second kappa shape index (κ2) is 9.63. The Balaban J connectivity index is 1.61. The number of thiophene rings is 1. The molecule has 2 heterocycles. The fourth-order valence-corrected chi connectivity index (χ4v) is 7.00. The van der Waals surface area contributed by atoms with Gasteiger partial charge in [0.15, 0.2) is 0 Å². The maximum Gasteiger partial charge on any atom is 0.314 e. The van der Waals surface area contributed by atoms with Crippen molar-refractivity contribution in [2.24, 2.45) is 0 Å². The summed E-state index contributed by atoms with van der Waals surface area (Å²) in [6.07, 6.45) is 0.179. The zero-order valence-corrected chi connectivity index (χ0v) is 21.2. The van der Waals surface area contributed by atoms with E-state index < -0.39 is 22.0 Å². The molecule has 1 aromatic heterocycles. The first kappa shape index (κ1) is 24.6. The van der Waals surface area contributed by atoms with Gasteiger partial charge in [0.1, 0.15) is 10.3 Å². The summed E-state index contributed by atoms with van der Waals surface area (Å²) in [4.78, 5) is 32.9. The van der Waals surface area contributed by atoms with Crippen LogP contribution in [-0.2, 0) is 24.4 Å². The summed E-state index contributed by atoms with van der Waals surface area (Å²) in [5, 5.41) is 1.16. The summed E-state index contributed by atoms with van der Waals surface area (Å²) in [7, 11) is -0.312. The molecule has 0 saturated carbocycles.